The maximum atomic E-state index is 10.2. The summed E-state index contributed by atoms with van der Waals surface area (Å²) in [7, 11) is 0. The smallest absolute Gasteiger partial charge is 0.0693 e. The van der Waals surface area contributed by atoms with Crippen LogP contribution in [0.15, 0.2) is 0 Å². The van der Waals surface area contributed by atoms with Crippen molar-refractivity contribution in [3.05, 3.63) is 0 Å². The van der Waals surface area contributed by atoms with Crippen LogP contribution in [0.2, 0.25) is 0 Å². The molecule has 2 heteroatoms. The SMILES string of the molecule is CC(C)CC(CC(C)C)NC1CCCCCC1O. The molecule has 0 radical (unpaired) electrons. The molecule has 0 bridgehead atoms. The van der Waals surface area contributed by atoms with E-state index in [1.165, 1.54) is 32.1 Å². The van der Waals surface area contributed by atoms with E-state index in [0.717, 1.165) is 24.7 Å². The molecule has 108 valence electrons. The summed E-state index contributed by atoms with van der Waals surface area (Å²) in [6, 6.07) is 0.901. The lowest BCUT2D eigenvalue weighted by Gasteiger charge is -2.30. The average Bonchev–Trinajstić information content (AvgIpc) is 2.42. The molecule has 0 aliphatic heterocycles. The van der Waals surface area contributed by atoms with Gasteiger partial charge in [-0.1, -0.05) is 47.0 Å². The largest absolute Gasteiger partial charge is 0.392 e. The summed E-state index contributed by atoms with van der Waals surface area (Å²) in [6.45, 7) is 9.16. The van der Waals surface area contributed by atoms with Gasteiger partial charge in [-0.2, -0.15) is 0 Å². The van der Waals surface area contributed by atoms with E-state index in [-0.39, 0.29) is 6.10 Å². The van der Waals surface area contributed by atoms with E-state index in [1.807, 2.05) is 0 Å². The summed E-state index contributed by atoms with van der Waals surface area (Å²) in [5, 5.41) is 14.0. The van der Waals surface area contributed by atoms with Gasteiger partial charge in [0.25, 0.3) is 0 Å². The molecule has 0 heterocycles. The Hall–Kier alpha value is -0.0800. The first-order chi connectivity index (χ1) is 8.49. The molecule has 0 aromatic heterocycles. The lowest BCUT2D eigenvalue weighted by atomic mass is 9.93. The highest BCUT2D eigenvalue weighted by molar-refractivity contribution is 4.83. The van der Waals surface area contributed by atoms with Gasteiger partial charge in [-0.15, -0.1) is 0 Å². The normalized spacial score (nSPS) is 26.0. The zero-order valence-electron chi connectivity index (χ0n) is 12.8. The van der Waals surface area contributed by atoms with E-state index in [1.54, 1.807) is 0 Å². The third kappa shape index (κ3) is 6.19. The second-order valence-electron chi connectivity index (χ2n) is 6.93. The van der Waals surface area contributed by atoms with Crippen molar-refractivity contribution < 1.29 is 5.11 Å². The van der Waals surface area contributed by atoms with E-state index in [0.29, 0.717) is 12.1 Å². The lowest BCUT2D eigenvalue weighted by molar-refractivity contribution is 0.109. The monoisotopic (exact) mass is 255 g/mol. The van der Waals surface area contributed by atoms with Gasteiger partial charge in [0, 0.05) is 12.1 Å². The van der Waals surface area contributed by atoms with Gasteiger partial charge in [0.15, 0.2) is 0 Å². The van der Waals surface area contributed by atoms with Gasteiger partial charge in [-0.3, -0.25) is 0 Å². The van der Waals surface area contributed by atoms with Gasteiger partial charge < -0.3 is 10.4 Å². The fraction of sp³-hybridized carbons (Fsp3) is 1.00. The molecule has 2 atom stereocenters. The second kappa shape index (κ2) is 8.16. The fourth-order valence-electron chi connectivity index (χ4n) is 3.16. The number of hydrogen-bond donors (Lipinski definition) is 2. The molecular formula is C16H33NO. The highest BCUT2D eigenvalue weighted by Crippen LogP contribution is 2.21. The van der Waals surface area contributed by atoms with Gasteiger partial charge in [-0.25, -0.2) is 0 Å². The summed E-state index contributed by atoms with van der Waals surface area (Å²) in [5.41, 5.74) is 0. The van der Waals surface area contributed by atoms with Crippen LogP contribution in [0.1, 0.15) is 72.6 Å². The molecule has 2 N–H and O–H groups in total. The Morgan fingerprint density at radius 1 is 0.944 bits per heavy atom. The molecule has 0 saturated heterocycles. The van der Waals surface area contributed by atoms with E-state index in [9.17, 15) is 5.11 Å². The van der Waals surface area contributed by atoms with Crippen LogP contribution in [0.25, 0.3) is 0 Å². The first kappa shape index (κ1) is 16.0. The summed E-state index contributed by atoms with van der Waals surface area (Å²) in [6.07, 6.45) is 8.19. The van der Waals surface area contributed by atoms with Crippen LogP contribution in [0, 0.1) is 11.8 Å². The van der Waals surface area contributed by atoms with Crippen LogP contribution in [0.3, 0.4) is 0 Å². The molecule has 0 aromatic rings. The quantitative estimate of drug-likeness (QED) is 0.709. The van der Waals surface area contributed by atoms with Crippen LogP contribution in [-0.4, -0.2) is 23.3 Å². The summed E-state index contributed by atoms with van der Waals surface area (Å²) < 4.78 is 0. The van der Waals surface area contributed by atoms with Crippen molar-refractivity contribution in [1.82, 2.24) is 5.32 Å². The molecule has 18 heavy (non-hydrogen) atoms. The molecule has 2 nitrogen and oxygen atoms in total. The minimum atomic E-state index is -0.130. The van der Waals surface area contributed by atoms with Gasteiger partial charge in [0.05, 0.1) is 6.10 Å². The predicted octanol–water partition coefficient (Wildman–Crippen LogP) is 3.73. The fourth-order valence-corrected chi connectivity index (χ4v) is 3.16. The standard InChI is InChI=1S/C16H33NO/c1-12(2)10-14(11-13(3)4)17-15-8-6-5-7-9-16(15)18/h12-18H,5-11H2,1-4H3. The Kier molecular flexibility index (Phi) is 7.25. The minimum Gasteiger partial charge on any atom is -0.392 e. The van der Waals surface area contributed by atoms with E-state index in [2.05, 4.69) is 33.0 Å². The number of rotatable bonds is 6. The average molecular weight is 255 g/mol. The molecular weight excluding hydrogens is 222 g/mol. The summed E-state index contributed by atoms with van der Waals surface area (Å²) >= 11 is 0. The van der Waals surface area contributed by atoms with Gasteiger partial charge in [-0.05, 0) is 37.5 Å². The maximum Gasteiger partial charge on any atom is 0.0693 e. The molecule has 1 aliphatic carbocycles. The molecule has 1 aliphatic rings. The summed E-state index contributed by atoms with van der Waals surface area (Å²) in [5.74, 6) is 1.45. The Morgan fingerprint density at radius 3 is 2.06 bits per heavy atom. The summed E-state index contributed by atoms with van der Waals surface area (Å²) in [4.78, 5) is 0. The van der Waals surface area contributed by atoms with Crippen molar-refractivity contribution in [1.29, 1.82) is 0 Å². The van der Waals surface area contributed by atoms with Crippen LogP contribution < -0.4 is 5.32 Å². The van der Waals surface area contributed by atoms with Gasteiger partial charge in [0.1, 0.15) is 0 Å². The lowest BCUT2D eigenvalue weighted by Crippen LogP contribution is -2.46. The van der Waals surface area contributed by atoms with Crippen molar-refractivity contribution in [2.45, 2.75) is 90.8 Å². The van der Waals surface area contributed by atoms with Crippen molar-refractivity contribution in [2.75, 3.05) is 0 Å². The number of aliphatic hydroxyl groups excluding tert-OH is 1. The van der Waals surface area contributed by atoms with Crippen molar-refractivity contribution in [3.63, 3.8) is 0 Å². The Bertz CT molecular complexity index is 205. The van der Waals surface area contributed by atoms with Crippen molar-refractivity contribution in [3.8, 4) is 0 Å². The number of nitrogens with one attached hydrogen (secondary N) is 1. The van der Waals surface area contributed by atoms with Crippen LogP contribution in [0.4, 0.5) is 0 Å². The van der Waals surface area contributed by atoms with Crippen LogP contribution >= 0.6 is 0 Å². The highest BCUT2D eigenvalue weighted by atomic mass is 16.3. The first-order valence-corrected chi connectivity index (χ1v) is 7.93. The molecule has 0 amide bonds. The van der Waals surface area contributed by atoms with Crippen molar-refractivity contribution >= 4 is 0 Å². The predicted molar refractivity (Wildman–Crippen MR) is 78.7 cm³/mol. The van der Waals surface area contributed by atoms with E-state index in [4.69, 9.17) is 0 Å². The Labute approximate surface area is 114 Å². The molecule has 0 spiro atoms. The van der Waals surface area contributed by atoms with E-state index < -0.39 is 0 Å². The zero-order valence-corrected chi connectivity index (χ0v) is 12.8. The Morgan fingerprint density at radius 2 is 1.50 bits per heavy atom. The third-order valence-electron chi connectivity index (χ3n) is 3.94. The molecule has 1 saturated carbocycles. The van der Waals surface area contributed by atoms with Crippen molar-refractivity contribution in [2.24, 2.45) is 11.8 Å². The topological polar surface area (TPSA) is 32.3 Å². The van der Waals surface area contributed by atoms with Crippen LogP contribution in [-0.2, 0) is 0 Å². The number of aliphatic hydroxyl groups is 1. The number of hydrogen-bond acceptors (Lipinski definition) is 2. The van der Waals surface area contributed by atoms with Gasteiger partial charge >= 0.3 is 0 Å². The zero-order chi connectivity index (χ0) is 13.5. The minimum absolute atomic E-state index is 0.130. The molecule has 0 aromatic carbocycles. The van der Waals surface area contributed by atoms with Gasteiger partial charge in [0.2, 0.25) is 0 Å². The maximum absolute atomic E-state index is 10.2. The first-order valence-electron chi connectivity index (χ1n) is 7.93. The third-order valence-corrected chi connectivity index (χ3v) is 3.94. The molecule has 2 unspecified atom stereocenters. The van der Waals surface area contributed by atoms with Crippen LogP contribution in [0.5, 0.6) is 0 Å². The molecule has 1 rings (SSSR count). The second-order valence-corrected chi connectivity index (χ2v) is 6.93. The van der Waals surface area contributed by atoms with E-state index >= 15 is 0 Å². The Balaban J connectivity index is 2.51. The molecule has 1 fully saturated rings. The highest BCUT2D eigenvalue weighted by Gasteiger charge is 2.24.